The van der Waals surface area contributed by atoms with Gasteiger partial charge >= 0.3 is 0 Å². The lowest BCUT2D eigenvalue weighted by molar-refractivity contribution is 0.186. The fourth-order valence-corrected chi connectivity index (χ4v) is 3.05. The zero-order valence-corrected chi connectivity index (χ0v) is 14.5. The number of likely N-dealkylation sites (tertiary alicyclic amines) is 1. The highest BCUT2D eigenvalue weighted by molar-refractivity contribution is 5.48. The van der Waals surface area contributed by atoms with Crippen molar-refractivity contribution in [3.8, 4) is 5.75 Å². The van der Waals surface area contributed by atoms with Crippen molar-refractivity contribution in [3.63, 3.8) is 0 Å². The molecular weight excluding hydrogens is 304 g/mol. The normalized spacial score (nSPS) is 16.2. The van der Waals surface area contributed by atoms with E-state index in [0.29, 0.717) is 6.04 Å². The van der Waals surface area contributed by atoms with Crippen LogP contribution in [-0.2, 0) is 13.0 Å². The standard InChI is InChI=1S/C18H26N4O2/c1-3-5-17-20-18(24-21-17)13-22-10-8-14(9-11-22)19-15-6-4-7-16(12-15)23-2/h4,6-7,12,14,19H,3,5,8-11,13H2,1-2H3. The van der Waals surface area contributed by atoms with Crippen molar-refractivity contribution in [3.05, 3.63) is 36.0 Å². The molecule has 0 bridgehead atoms. The van der Waals surface area contributed by atoms with Gasteiger partial charge in [0.15, 0.2) is 5.82 Å². The van der Waals surface area contributed by atoms with E-state index in [1.54, 1.807) is 7.11 Å². The molecule has 0 saturated carbocycles. The van der Waals surface area contributed by atoms with Gasteiger partial charge in [-0.05, 0) is 31.4 Å². The number of ether oxygens (including phenoxy) is 1. The highest BCUT2D eigenvalue weighted by atomic mass is 16.5. The highest BCUT2D eigenvalue weighted by Gasteiger charge is 2.21. The van der Waals surface area contributed by atoms with E-state index in [1.165, 1.54) is 0 Å². The molecular formula is C18H26N4O2. The monoisotopic (exact) mass is 330 g/mol. The molecule has 24 heavy (non-hydrogen) atoms. The summed E-state index contributed by atoms with van der Waals surface area (Å²) in [6, 6.07) is 8.60. The Labute approximate surface area is 143 Å². The summed E-state index contributed by atoms with van der Waals surface area (Å²) in [5.41, 5.74) is 1.12. The number of aromatic nitrogens is 2. The van der Waals surface area contributed by atoms with Gasteiger partial charge in [-0.3, -0.25) is 4.90 Å². The first kappa shape index (κ1) is 16.8. The Hall–Kier alpha value is -2.08. The molecule has 0 radical (unpaired) electrons. The molecule has 2 heterocycles. The van der Waals surface area contributed by atoms with Crippen molar-refractivity contribution in [2.75, 3.05) is 25.5 Å². The van der Waals surface area contributed by atoms with Gasteiger partial charge in [0, 0.05) is 37.3 Å². The third kappa shape index (κ3) is 4.47. The summed E-state index contributed by atoms with van der Waals surface area (Å²) in [6.07, 6.45) is 4.14. The van der Waals surface area contributed by atoms with E-state index < -0.39 is 0 Å². The van der Waals surface area contributed by atoms with Gasteiger partial charge in [0.05, 0.1) is 13.7 Å². The van der Waals surface area contributed by atoms with Crippen molar-refractivity contribution in [2.24, 2.45) is 0 Å². The Kier molecular flexibility index (Phi) is 5.69. The fourth-order valence-electron chi connectivity index (χ4n) is 3.05. The maximum Gasteiger partial charge on any atom is 0.240 e. The van der Waals surface area contributed by atoms with Crippen LogP contribution in [0.15, 0.2) is 28.8 Å². The van der Waals surface area contributed by atoms with Crippen LogP contribution in [0.1, 0.15) is 37.9 Å². The van der Waals surface area contributed by atoms with Crippen molar-refractivity contribution in [1.82, 2.24) is 15.0 Å². The van der Waals surface area contributed by atoms with Crippen LogP contribution in [0.25, 0.3) is 0 Å². The highest BCUT2D eigenvalue weighted by Crippen LogP contribution is 2.21. The number of nitrogens with one attached hydrogen (secondary N) is 1. The lowest BCUT2D eigenvalue weighted by atomic mass is 10.0. The average molecular weight is 330 g/mol. The van der Waals surface area contributed by atoms with Crippen LogP contribution in [0.5, 0.6) is 5.75 Å². The number of methoxy groups -OCH3 is 1. The van der Waals surface area contributed by atoms with Crippen LogP contribution >= 0.6 is 0 Å². The van der Waals surface area contributed by atoms with E-state index >= 15 is 0 Å². The number of nitrogens with zero attached hydrogens (tertiary/aromatic N) is 3. The second-order valence-electron chi connectivity index (χ2n) is 6.28. The van der Waals surface area contributed by atoms with Gasteiger partial charge in [0.2, 0.25) is 5.89 Å². The summed E-state index contributed by atoms with van der Waals surface area (Å²) >= 11 is 0. The summed E-state index contributed by atoms with van der Waals surface area (Å²) < 4.78 is 10.6. The SMILES string of the molecule is CCCc1noc(CN2CCC(Nc3cccc(OC)c3)CC2)n1. The van der Waals surface area contributed by atoms with E-state index in [4.69, 9.17) is 9.26 Å². The maximum atomic E-state index is 5.34. The number of benzene rings is 1. The maximum absolute atomic E-state index is 5.34. The Morgan fingerprint density at radius 1 is 1.33 bits per heavy atom. The van der Waals surface area contributed by atoms with Crippen molar-refractivity contribution in [2.45, 2.75) is 45.2 Å². The van der Waals surface area contributed by atoms with Gasteiger partial charge in [-0.1, -0.05) is 18.1 Å². The fraction of sp³-hybridized carbons (Fsp3) is 0.556. The first-order valence-corrected chi connectivity index (χ1v) is 8.71. The topological polar surface area (TPSA) is 63.4 Å². The molecule has 0 atom stereocenters. The zero-order valence-electron chi connectivity index (χ0n) is 14.5. The molecule has 1 aromatic carbocycles. The van der Waals surface area contributed by atoms with Crippen LogP contribution in [0.3, 0.4) is 0 Å². The summed E-state index contributed by atoms with van der Waals surface area (Å²) in [5, 5.41) is 7.62. The summed E-state index contributed by atoms with van der Waals surface area (Å²) in [7, 11) is 1.70. The van der Waals surface area contributed by atoms with Gasteiger partial charge < -0.3 is 14.6 Å². The minimum absolute atomic E-state index is 0.492. The molecule has 1 aliphatic heterocycles. The molecule has 2 aromatic rings. The predicted octanol–water partition coefficient (Wildman–Crippen LogP) is 3.11. The Balaban J connectivity index is 1.46. The number of hydrogen-bond acceptors (Lipinski definition) is 6. The minimum atomic E-state index is 0.492. The van der Waals surface area contributed by atoms with Gasteiger partial charge in [-0.25, -0.2) is 0 Å². The lowest BCUT2D eigenvalue weighted by Crippen LogP contribution is -2.38. The third-order valence-electron chi connectivity index (χ3n) is 4.37. The number of piperidine rings is 1. The van der Waals surface area contributed by atoms with E-state index in [-0.39, 0.29) is 0 Å². The van der Waals surface area contributed by atoms with Gasteiger partial charge in [0.25, 0.3) is 0 Å². The van der Waals surface area contributed by atoms with E-state index in [2.05, 4.69) is 33.3 Å². The zero-order chi connectivity index (χ0) is 16.8. The van der Waals surface area contributed by atoms with E-state index in [1.807, 2.05) is 18.2 Å². The molecule has 130 valence electrons. The van der Waals surface area contributed by atoms with Crippen LogP contribution in [0.2, 0.25) is 0 Å². The number of aryl methyl sites for hydroxylation is 1. The number of hydrogen-bond donors (Lipinski definition) is 1. The second kappa shape index (κ2) is 8.15. The smallest absolute Gasteiger partial charge is 0.240 e. The number of anilines is 1. The molecule has 6 heteroatoms. The van der Waals surface area contributed by atoms with Gasteiger partial charge in [-0.2, -0.15) is 4.98 Å². The van der Waals surface area contributed by atoms with Gasteiger partial charge in [0.1, 0.15) is 5.75 Å². The van der Waals surface area contributed by atoms with Crippen LogP contribution in [0.4, 0.5) is 5.69 Å². The summed E-state index contributed by atoms with van der Waals surface area (Å²) in [4.78, 5) is 6.83. The van der Waals surface area contributed by atoms with Crippen molar-refractivity contribution >= 4 is 5.69 Å². The Morgan fingerprint density at radius 2 is 2.17 bits per heavy atom. The molecule has 0 spiro atoms. The molecule has 1 fully saturated rings. The summed E-state index contributed by atoms with van der Waals surface area (Å²) in [6.45, 7) is 4.94. The molecule has 1 saturated heterocycles. The predicted molar refractivity (Wildman–Crippen MR) is 93.2 cm³/mol. The average Bonchev–Trinajstić information content (AvgIpc) is 3.04. The van der Waals surface area contributed by atoms with Crippen LogP contribution in [-0.4, -0.2) is 41.3 Å². The first-order valence-electron chi connectivity index (χ1n) is 8.71. The molecule has 0 amide bonds. The second-order valence-corrected chi connectivity index (χ2v) is 6.28. The molecule has 6 nitrogen and oxygen atoms in total. The van der Waals surface area contributed by atoms with E-state index in [0.717, 1.165) is 68.5 Å². The summed E-state index contributed by atoms with van der Waals surface area (Å²) in [5.74, 6) is 2.44. The first-order chi connectivity index (χ1) is 11.8. The number of rotatable bonds is 7. The Morgan fingerprint density at radius 3 is 2.92 bits per heavy atom. The Bertz CT molecular complexity index is 635. The van der Waals surface area contributed by atoms with E-state index in [9.17, 15) is 0 Å². The molecule has 0 aliphatic carbocycles. The molecule has 0 unspecified atom stereocenters. The molecule has 1 aromatic heterocycles. The molecule has 3 rings (SSSR count). The minimum Gasteiger partial charge on any atom is -0.497 e. The van der Waals surface area contributed by atoms with Gasteiger partial charge in [-0.15, -0.1) is 0 Å². The van der Waals surface area contributed by atoms with Crippen LogP contribution < -0.4 is 10.1 Å². The van der Waals surface area contributed by atoms with Crippen molar-refractivity contribution in [1.29, 1.82) is 0 Å². The van der Waals surface area contributed by atoms with Crippen LogP contribution in [0, 0.1) is 0 Å². The van der Waals surface area contributed by atoms with Crippen molar-refractivity contribution < 1.29 is 9.26 Å². The molecule has 1 aliphatic rings. The third-order valence-corrected chi connectivity index (χ3v) is 4.37. The largest absolute Gasteiger partial charge is 0.497 e. The quantitative estimate of drug-likeness (QED) is 0.841. The molecule has 1 N–H and O–H groups in total. The lowest BCUT2D eigenvalue weighted by Gasteiger charge is -2.32.